The van der Waals surface area contributed by atoms with Crippen LogP contribution in [-0.4, -0.2) is 31.7 Å². The summed E-state index contributed by atoms with van der Waals surface area (Å²) in [6, 6.07) is 0. The van der Waals surface area contributed by atoms with Crippen molar-refractivity contribution >= 4 is 17.8 Å². The molecular weight excluding hydrogens is 192 g/mol. The zero-order valence-electron chi connectivity index (χ0n) is 7.12. The normalized spacial score (nSPS) is 11.4. The predicted molar refractivity (Wildman–Crippen MR) is 44.2 cm³/mol. The minimum absolute atomic E-state index is 0.190. The van der Waals surface area contributed by atoms with Gasteiger partial charge >= 0.3 is 5.82 Å². The minimum Gasteiger partial charge on any atom is -0.410 e. The van der Waals surface area contributed by atoms with Crippen LogP contribution in [0.2, 0.25) is 0 Å². The summed E-state index contributed by atoms with van der Waals surface area (Å²) < 4.78 is 1.12. The number of nitrogens with zero attached hydrogens (tertiary/aromatic N) is 4. The number of aldehydes is 1. The zero-order chi connectivity index (χ0) is 10.7. The van der Waals surface area contributed by atoms with Crippen molar-refractivity contribution in [3.63, 3.8) is 0 Å². The van der Waals surface area contributed by atoms with E-state index in [0.717, 1.165) is 10.9 Å². The smallest absolute Gasteiger partial charge is 0.352 e. The van der Waals surface area contributed by atoms with Gasteiger partial charge in [-0.2, -0.15) is 0 Å². The second kappa shape index (κ2) is 3.64. The molecule has 8 nitrogen and oxygen atoms in total. The number of rotatable bonds is 3. The van der Waals surface area contributed by atoms with E-state index >= 15 is 0 Å². The first-order chi connectivity index (χ1) is 6.61. The molecule has 0 atom stereocenters. The fourth-order valence-electron chi connectivity index (χ4n) is 0.946. The molecule has 1 N–H and O–H groups in total. The van der Waals surface area contributed by atoms with E-state index in [2.05, 4.69) is 10.1 Å². The second-order valence-corrected chi connectivity index (χ2v) is 2.39. The van der Waals surface area contributed by atoms with Crippen LogP contribution in [0.25, 0.3) is 0 Å². The van der Waals surface area contributed by atoms with E-state index in [-0.39, 0.29) is 12.0 Å². The van der Waals surface area contributed by atoms with E-state index in [4.69, 9.17) is 5.21 Å². The average molecular weight is 198 g/mol. The molecule has 1 rings (SSSR count). The second-order valence-electron chi connectivity index (χ2n) is 2.39. The van der Waals surface area contributed by atoms with Gasteiger partial charge in [0, 0.05) is 0 Å². The number of hydrogen-bond acceptors (Lipinski definition) is 6. The van der Waals surface area contributed by atoms with Crippen molar-refractivity contribution in [3.05, 3.63) is 22.1 Å². The average Bonchev–Trinajstić information content (AvgIpc) is 2.50. The highest BCUT2D eigenvalue weighted by Gasteiger charge is 2.23. The number of aromatic nitrogens is 2. The van der Waals surface area contributed by atoms with Crippen molar-refractivity contribution in [1.82, 2.24) is 9.55 Å². The van der Waals surface area contributed by atoms with Gasteiger partial charge in [0.2, 0.25) is 0 Å². The van der Waals surface area contributed by atoms with Crippen molar-refractivity contribution in [2.24, 2.45) is 12.2 Å². The Kier molecular flexibility index (Phi) is 2.56. The summed E-state index contributed by atoms with van der Waals surface area (Å²) in [7, 11) is 1.40. The van der Waals surface area contributed by atoms with E-state index in [1.165, 1.54) is 7.05 Å². The standard InChI is InChI=1S/C6H6N4O4/c1-9-3-7-5(4(2-11)8-12)6(9)10(13)14/h2-3,12H,1H3/b8-4+. The monoisotopic (exact) mass is 198 g/mol. The molecule has 0 saturated heterocycles. The highest BCUT2D eigenvalue weighted by Crippen LogP contribution is 2.15. The molecule has 0 radical (unpaired) electrons. The lowest BCUT2D eigenvalue weighted by Crippen LogP contribution is -2.07. The van der Waals surface area contributed by atoms with Crippen LogP contribution in [0.3, 0.4) is 0 Å². The van der Waals surface area contributed by atoms with Gasteiger partial charge in [-0.15, -0.1) is 0 Å². The number of hydrogen-bond donors (Lipinski definition) is 1. The van der Waals surface area contributed by atoms with Gasteiger partial charge in [0.25, 0.3) is 0 Å². The summed E-state index contributed by atoms with van der Waals surface area (Å²) in [5.41, 5.74) is -0.729. The van der Waals surface area contributed by atoms with Crippen LogP contribution in [0.4, 0.5) is 5.82 Å². The van der Waals surface area contributed by atoms with E-state index in [9.17, 15) is 14.9 Å². The molecule has 14 heavy (non-hydrogen) atoms. The van der Waals surface area contributed by atoms with E-state index in [1.807, 2.05) is 0 Å². The lowest BCUT2D eigenvalue weighted by Gasteiger charge is -1.95. The molecule has 74 valence electrons. The van der Waals surface area contributed by atoms with Crippen molar-refractivity contribution in [1.29, 1.82) is 0 Å². The Labute approximate surface area is 77.6 Å². The molecule has 0 aliphatic rings. The molecule has 0 saturated carbocycles. The first-order valence-electron chi connectivity index (χ1n) is 3.45. The van der Waals surface area contributed by atoms with Gasteiger partial charge in [-0.3, -0.25) is 4.79 Å². The molecule has 0 fully saturated rings. The minimum atomic E-state index is -0.711. The fourth-order valence-corrected chi connectivity index (χ4v) is 0.946. The molecule has 0 aromatic carbocycles. The van der Waals surface area contributed by atoms with Crippen LogP contribution in [0.5, 0.6) is 0 Å². The maximum Gasteiger partial charge on any atom is 0.352 e. The number of aryl methyl sites for hydroxylation is 1. The Morgan fingerprint density at radius 2 is 2.50 bits per heavy atom. The van der Waals surface area contributed by atoms with Crippen LogP contribution < -0.4 is 0 Å². The summed E-state index contributed by atoms with van der Waals surface area (Å²) in [5, 5.41) is 21.5. The van der Waals surface area contributed by atoms with Gasteiger partial charge in [0.1, 0.15) is 0 Å². The van der Waals surface area contributed by atoms with Gasteiger partial charge in [-0.25, -0.2) is 9.55 Å². The molecule has 0 aliphatic carbocycles. The number of imidazole rings is 1. The molecule has 0 unspecified atom stereocenters. The molecule has 0 amide bonds. The third-order valence-corrected chi connectivity index (χ3v) is 1.54. The van der Waals surface area contributed by atoms with E-state index in [1.54, 1.807) is 0 Å². The maximum atomic E-state index is 10.5. The van der Waals surface area contributed by atoms with E-state index in [0.29, 0.717) is 0 Å². The topological polar surface area (TPSA) is 111 Å². The van der Waals surface area contributed by atoms with Crippen LogP contribution in [0.1, 0.15) is 5.69 Å². The third-order valence-electron chi connectivity index (χ3n) is 1.54. The van der Waals surface area contributed by atoms with Crippen LogP contribution in [-0.2, 0) is 11.8 Å². The van der Waals surface area contributed by atoms with Crippen molar-refractivity contribution in [2.45, 2.75) is 0 Å². The first-order valence-corrected chi connectivity index (χ1v) is 3.45. The van der Waals surface area contributed by atoms with Gasteiger partial charge in [0.05, 0.1) is 7.05 Å². The molecule has 0 bridgehead atoms. The molecule has 0 spiro atoms. The van der Waals surface area contributed by atoms with Gasteiger partial charge in [0.15, 0.2) is 24.0 Å². The molecule has 1 heterocycles. The summed E-state index contributed by atoms with van der Waals surface area (Å²) in [5.74, 6) is -0.398. The summed E-state index contributed by atoms with van der Waals surface area (Å²) in [6.45, 7) is 0. The van der Waals surface area contributed by atoms with Crippen molar-refractivity contribution in [2.75, 3.05) is 0 Å². The SMILES string of the molecule is Cn1cnc(/C(C=O)=N/O)c1[N+](=O)[O-]. The number of carbonyl (C=O) groups is 1. The zero-order valence-corrected chi connectivity index (χ0v) is 7.12. The largest absolute Gasteiger partial charge is 0.410 e. The number of nitro groups is 1. The Morgan fingerprint density at radius 3 is 2.93 bits per heavy atom. The van der Waals surface area contributed by atoms with E-state index < -0.39 is 16.5 Å². The lowest BCUT2D eigenvalue weighted by molar-refractivity contribution is -0.391. The summed E-state index contributed by atoms with van der Waals surface area (Å²) in [4.78, 5) is 23.8. The van der Waals surface area contributed by atoms with Crippen LogP contribution in [0.15, 0.2) is 11.5 Å². The Bertz CT molecular complexity index is 408. The molecular formula is C6H6N4O4. The molecule has 0 aliphatic heterocycles. The first kappa shape index (κ1) is 9.84. The van der Waals surface area contributed by atoms with Gasteiger partial charge in [-0.05, 0) is 4.92 Å². The van der Waals surface area contributed by atoms with Gasteiger partial charge < -0.3 is 15.3 Å². The van der Waals surface area contributed by atoms with Crippen LogP contribution in [0, 0.1) is 10.1 Å². The Morgan fingerprint density at radius 1 is 1.86 bits per heavy atom. The molecule has 8 heteroatoms. The Balaban J connectivity index is 3.35. The predicted octanol–water partition coefficient (Wildman–Crippen LogP) is -0.294. The lowest BCUT2D eigenvalue weighted by atomic mass is 10.3. The third kappa shape index (κ3) is 1.44. The quantitative estimate of drug-likeness (QED) is 0.236. The highest BCUT2D eigenvalue weighted by molar-refractivity contribution is 6.36. The summed E-state index contributed by atoms with van der Waals surface area (Å²) in [6.07, 6.45) is 1.34. The van der Waals surface area contributed by atoms with Crippen molar-refractivity contribution in [3.8, 4) is 0 Å². The summed E-state index contributed by atoms with van der Waals surface area (Å²) >= 11 is 0. The molecule has 1 aromatic rings. The fraction of sp³-hybridized carbons (Fsp3) is 0.167. The highest BCUT2D eigenvalue weighted by atomic mass is 16.6. The van der Waals surface area contributed by atoms with Gasteiger partial charge in [-0.1, -0.05) is 5.16 Å². The maximum absolute atomic E-state index is 10.5. The number of carbonyl (C=O) groups excluding carboxylic acids is 1. The number of oxime groups is 1. The Hall–Kier alpha value is -2.25. The van der Waals surface area contributed by atoms with Crippen LogP contribution >= 0.6 is 0 Å². The molecule has 1 aromatic heterocycles. The van der Waals surface area contributed by atoms with Crippen molar-refractivity contribution < 1.29 is 14.9 Å².